The average molecular weight is 575 g/mol. The Kier molecular flexibility index (Phi) is 15.9. The van der Waals surface area contributed by atoms with E-state index in [1.54, 1.807) is 0 Å². The molecule has 0 amide bonds. The minimum absolute atomic E-state index is 0.0687. The molecule has 5 nitrogen and oxygen atoms in total. The van der Waals surface area contributed by atoms with Crippen LogP contribution in [0.2, 0.25) is 0 Å². The Hall–Kier alpha value is -2.68. The maximum absolute atomic E-state index is 9.36. The number of aliphatic imine (C=N–C) groups is 1. The number of nitrogens with one attached hydrogen (secondary N) is 2. The van der Waals surface area contributed by atoms with Gasteiger partial charge in [-0.15, -0.1) is 0 Å². The lowest BCUT2D eigenvalue weighted by atomic mass is 9.64. The second-order valence-electron chi connectivity index (χ2n) is 11.8. The fraction of sp³-hybridized carbons (Fsp3) is 0.622. The van der Waals surface area contributed by atoms with Gasteiger partial charge in [0.25, 0.3) is 0 Å². The molecule has 1 heterocycles. The second kappa shape index (κ2) is 18.8. The Labute approximate surface area is 257 Å². The summed E-state index contributed by atoms with van der Waals surface area (Å²) in [4.78, 5) is 4.83. The molecule has 2 aliphatic rings. The summed E-state index contributed by atoms with van der Waals surface area (Å²) in [7, 11) is 0. The van der Waals surface area contributed by atoms with Gasteiger partial charge in [-0.25, -0.2) is 0 Å². The zero-order valence-corrected chi connectivity index (χ0v) is 27.6. The van der Waals surface area contributed by atoms with Crippen LogP contribution in [0.3, 0.4) is 0 Å². The van der Waals surface area contributed by atoms with Crippen LogP contribution in [0.1, 0.15) is 116 Å². The van der Waals surface area contributed by atoms with Gasteiger partial charge in [0, 0.05) is 30.0 Å². The highest BCUT2D eigenvalue weighted by Crippen LogP contribution is 2.45. The Morgan fingerprint density at radius 3 is 2.19 bits per heavy atom. The smallest absolute Gasteiger partial charge is 0.182 e. The number of hydrogen-bond acceptors (Lipinski definition) is 4. The molecule has 2 atom stereocenters. The molecule has 2 aromatic carbocycles. The zero-order chi connectivity index (χ0) is 30.8. The standard InChI is InChI=1S/C32H44N4O.C3H8.C2H6/c1-4-5-6-12-21-34-30(35-24-33)26(3)27-17-19-31(20-18-27,28-14-8-7-9-15-28)22-36-32(23-37-32)29-16-11-10-13-25(29)2;1-3-2;1-2/h7-11,13-16,26-27,36H,4-6,12,17-23H2,1-3H3,(H,34,35);3H2,1-2H3;1-2H3. The topological polar surface area (TPSA) is 72.7 Å². The first kappa shape index (κ1) is 35.5. The van der Waals surface area contributed by atoms with Crippen LogP contribution in [-0.4, -0.2) is 25.5 Å². The molecule has 0 radical (unpaired) electrons. The summed E-state index contributed by atoms with van der Waals surface area (Å²) in [5.41, 5.74) is 3.65. The summed E-state index contributed by atoms with van der Waals surface area (Å²) in [5.74, 6) is 1.66. The van der Waals surface area contributed by atoms with E-state index in [-0.39, 0.29) is 17.1 Å². The lowest BCUT2D eigenvalue weighted by Crippen LogP contribution is -2.46. The van der Waals surface area contributed by atoms with Crippen molar-refractivity contribution in [3.8, 4) is 6.19 Å². The molecular formula is C37H58N4O. The number of unbranched alkanes of at least 4 members (excludes halogenated alkanes) is 3. The number of ether oxygens (including phenoxy) is 1. The summed E-state index contributed by atoms with van der Waals surface area (Å²) in [6.45, 7) is 17.3. The number of nitriles is 1. The van der Waals surface area contributed by atoms with E-state index in [1.807, 2.05) is 13.8 Å². The minimum atomic E-state index is -0.356. The first-order valence-electron chi connectivity index (χ1n) is 16.6. The van der Waals surface area contributed by atoms with Gasteiger partial charge in [0.15, 0.2) is 11.9 Å². The fourth-order valence-corrected chi connectivity index (χ4v) is 6.13. The van der Waals surface area contributed by atoms with Crippen LogP contribution in [0.25, 0.3) is 0 Å². The SMILES string of the molecule is CC.CCC.CCCCCCN=C(NC#N)C(C)C1CCC(CNC2(c3ccccc3C)CO2)(c2ccccc2)CC1. The number of rotatable bonds is 12. The second-order valence-corrected chi connectivity index (χ2v) is 11.8. The summed E-state index contributed by atoms with van der Waals surface area (Å²) in [6.07, 6.45) is 12.6. The van der Waals surface area contributed by atoms with Crippen molar-refractivity contribution in [2.45, 2.75) is 117 Å². The molecule has 1 aliphatic heterocycles. The lowest BCUT2D eigenvalue weighted by molar-refractivity contribution is 0.173. The van der Waals surface area contributed by atoms with Gasteiger partial charge < -0.3 is 4.74 Å². The predicted molar refractivity (Wildman–Crippen MR) is 179 cm³/mol. The highest BCUT2D eigenvalue weighted by atomic mass is 16.6. The van der Waals surface area contributed by atoms with Crippen molar-refractivity contribution in [2.24, 2.45) is 16.8 Å². The van der Waals surface area contributed by atoms with Gasteiger partial charge in [-0.3, -0.25) is 15.6 Å². The predicted octanol–water partition coefficient (Wildman–Crippen LogP) is 9.02. The number of nitrogens with zero attached hydrogens (tertiary/aromatic N) is 2. The van der Waals surface area contributed by atoms with E-state index in [0.717, 1.165) is 57.6 Å². The van der Waals surface area contributed by atoms with Crippen molar-refractivity contribution in [1.82, 2.24) is 10.6 Å². The van der Waals surface area contributed by atoms with Crippen molar-refractivity contribution < 1.29 is 4.74 Å². The van der Waals surface area contributed by atoms with Crippen LogP contribution in [0.4, 0.5) is 0 Å². The molecule has 0 aromatic heterocycles. The monoisotopic (exact) mass is 574 g/mol. The highest BCUT2D eigenvalue weighted by Gasteiger charge is 2.49. The molecule has 2 fully saturated rings. The van der Waals surface area contributed by atoms with Crippen molar-refractivity contribution in [3.63, 3.8) is 0 Å². The van der Waals surface area contributed by atoms with E-state index in [0.29, 0.717) is 5.92 Å². The molecule has 0 bridgehead atoms. The van der Waals surface area contributed by atoms with E-state index in [2.05, 4.69) is 106 Å². The molecule has 4 rings (SSSR count). The number of epoxide rings is 1. The van der Waals surface area contributed by atoms with Gasteiger partial charge >= 0.3 is 0 Å². The molecule has 1 aliphatic carbocycles. The van der Waals surface area contributed by atoms with Crippen LogP contribution in [0.5, 0.6) is 0 Å². The summed E-state index contributed by atoms with van der Waals surface area (Å²) in [5, 5.41) is 16.2. The van der Waals surface area contributed by atoms with Crippen LogP contribution in [-0.2, 0) is 15.9 Å². The molecule has 42 heavy (non-hydrogen) atoms. The molecule has 2 aromatic rings. The number of benzene rings is 2. The van der Waals surface area contributed by atoms with Crippen molar-refractivity contribution in [2.75, 3.05) is 19.7 Å². The van der Waals surface area contributed by atoms with Gasteiger partial charge in [-0.2, -0.15) is 5.26 Å². The quantitative estimate of drug-likeness (QED) is 0.0662. The van der Waals surface area contributed by atoms with E-state index in [4.69, 9.17) is 9.73 Å². The van der Waals surface area contributed by atoms with Crippen LogP contribution in [0, 0.1) is 30.2 Å². The number of amidine groups is 1. The van der Waals surface area contributed by atoms with Crippen LogP contribution in [0.15, 0.2) is 59.6 Å². The first-order chi connectivity index (χ1) is 20.4. The normalized spacial score (nSPS) is 23.8. The molecule has 1 saturated heterocycles. The Morgan fingerprint density at radius 1 is 1.00 bits per heavy atom. The number of aryl methyl sites for hydroxylation is 1. The van der Waals surface area contributed by atoms with Gasteiger partial charge in [-0.1, -0.05) is 122 Å². The third-order valence-electron chi connectivity index (χ3n) is 8.72. The van der Waals surface area contributed by atoms with Gasteiger partial charge in [-0.05, 0) is 56.1 Å². The molecule has 1 saturated carbocycles. The van der Waals surface area contributed by atoms with E-state index in [9.17, 15) is 5.26 Å². The summed E-state index contributed by atoms with van der Waals surface area (Å²) >= 11 is 0. The Bertz CT molecular complexity index is 1080. The lowest BCUT2D eigenvalue weighted by Gasteiger charge is -2.43. The van der Waals surface area contributed by atoms with E-state index in [1.165, 1.54) is 42.4 Å². The average Bonchev–Trinajstić information content (AvgIpc) is 3.82. The Morgan fingerprint density at radius 2 is 1.62 bits per heavy atom. The largest absolute Gasteiger partial charge is 0.349 e. The Balaban J connectivity index is 0.00000116. The van der Waals surface area contributed by atoms with E-state index < -0.39 is 0 Å². The molecule has 0 spiro atoms. The van der Waals surface area contributed by atoms with Crippen molar-refractivity contribution >= 4 is 5.84 Å². The van der Waals surface area contributed by atoms with Gasteiger partial charge in [0.2, 0.25) is 0 Å². The molecule has 2 N–H and O–H groups in total. The van der Waals surface area contributed by atoms with Gasteiger partial charge in [0.05, 0.1) is 6.61 Å². The maximum atomic E-state index is 9.36. The fourth-order valence-electron chi connectivity index (χ4n) is 6.13. The van der Waals surface area contributed by atoms with Crippen molar-refractivity contribution in [3.05, 3.63) is 71.3 Å². The third-order valence-corrected chi connectivity index (χ3v) is 8.72. The van der Waals surface area contributed by atoms with Crippen molar-refractivity contribution in [1.29, 1.82) is 5.26 Å². The molecule has 2 unspecified atom stereocenters. The summed E-state index contributed by atoms with van der Waals surface area (Å²) in [6, 6.07) is 19.6. The first-order valence-corrected chi connectivity index (χ1v) is 16.6. The maximum Gasteiger partial charge on any atom is 0.182 e. The van der Waals surface area contributed by atoms with Crippen LogP contribution < -0.4 is 10.6 Å². The highest BCUT2D eigenvalue weighted by molar-refractivity contribution is 5.85. The third kappa shape index (κ3) is 9.96. The van der Waals surface area contributed by atoms with Crippen LogP contribution >= 0.6 is 0 Å². The zero-order valence-electron chi connectivity index (χ0n) is 27.6. The molecular weight excluding hydrogens is 516 g/mol. The van der Waals surface area contributed by atoms with Gasteiger partial charge in [0.1, 0.15) is 5.84 Å². The molecule has 5 heteroatoms. The number of hydrogen-bond donors (Lipinski definition) is 2. The summed E-state index contributed by atoms with van der Waals surface area (Å²) < 4.78 is 6.05. The minimum Gasteiger partial charge on any atom is -0.349 e. The van der Waals surface area contributed by atoms with E-state index >= 15 is 0 Å². The molecule has 232 valence electrons.